The molecule has 8 nitrogen and oxygen atoms in total. The van der Waals surface area contributed by atoms with Gasteiger partial charge in [0.2, 0.25) is 0 Å². The molecule has 6 rings (SSSR count). The number of furan rings is 1. The van der Waals surface area contributed by atoms with Crippen LogP contribution in [0, 0.1) is 0 Å². The number of fused-ring (bicyclic) bond motifs is 1. The van der Waals surface area contributed by atoms with Crippen molar-refractivity contribution in [2.45, 2.75) is 38.1 Å². The number of aromatic nitrogens is 3. The van der Waals surface area contributed by atoms with E-state index in [1.165, 1.54) is 6.42 Å². The van der Waals surface area contributed by atoms with E-state index in [0.717, 1.165) is 80.2 Å². The van der Waals surface area contributed by atoms with Gasteiger partial charge in [-0.3, -0.25) is 4.90 Å². The summed E-state index contributed by atoms with van der Waals surface area (Å²) in [5.74, 6) is 0.337. The third-order valence-corrected chi connectivity index (χ3v) is 7.24. The maximum atomic E-state index is 12.1. The van der Waals surface area contributed by atoms with E-state index in [4.69, 9.17) is 9.52 Å². The molecular weight excluding hydrogens is 442 g/mol. The number of carboxylic acids is 1. The zero-order valence-corrected chi connectivity index (χ0v) is 19.6. The summed E-state index contributed by atoms with van der Waals surface area (Å²) in [6.45, 7) is 4.29. The fourth-order valence-corrected chi connectivity index (χ4v) is 5.19. The Labute approximate surface area is 203 Å². The number of hydrogen-bond donors (Lipinski definition) is 1. The molecule has 1 aromatic carbocycles. The van der Waals surface area contributed by atoms with Crippen molar-refractivity contribution in [1.29, 1.82) is 0 Å². The summed E-state index contributed by atoms with van der Waals surface area (Å²) in [4.78, 5) is 21.4. The standard InChI is InChI=1S/C27H29N5O3/c33-27(34)22-17-23(31-13-6-12-30(14-15-31)18-21-11-5-16-35-21)24-25(19-7-4-8-19)29-32(26(24)28-22)20-9-2-1-3-10-20/h1-3,5,9-11,16-17,19H,4,6-8,12-15,18H2,(H,33,34). The second-order valence-corrected chi connectivity index (χ2v) is 9.49. The molecule has 2 aliphatic rings. The molecule has 0 radical (unpaired) electrons. The first kappa shape index (κ1) is 21.9. The summed E-state index contributed by atoms with van der Waals surface area (Å²) in [5, 5.41) is 16.0. The largest absolute Gasteiger partial charge is 0.477 e. The van der Waals surface area contributed by atoms with Gasteiger partial charge in [0.05, 0.1) is 35.3 Å². The Morgan fingerprint density at radius 2 is 1.89 bits per heavy atom. The van der Waals surface area contributed by atoms with E-state index in [0.29, 0.717) is 11.6 Å². The Kier molecular flexibility index (Phi) is 5.74. The Hall–Kier alpha value is -3.65. The molecule has 1 N–H and O–H groups in total. The molecule has 2 fully saturated rings. The SMILES string of the molecule is O=C(O)c1cc(N2CCCN(Cc3ccco3)CC2)c2c(C3CCC3)nn(-c3ccccc3)c2n1. The van der Waals surface area contributed by atoms with Crippen LogP contribution < -0.4 is 4.90 Å². The van der Waals surface area contributed by atoms with Crippen LogP contribution in [0.25, 0.3) is 16.7 Å². The number of carboxylic acid groups (broad SMARTS) is 1. The summed E-state index contributed by atoms with van der Waals surface area (Å²) in [6, 6.07) is 15.6. The highest BCUT2D eigenvalue weighted by atomic mass is 16.4. The first-order valence-corrected chi connectivity index (χ1v) is 12.4. The highest BCUT2D eigenvalue weighted by molar-refractivity contribution is 5.98. The number of carbonyl (C=O) groups is 1. The van der Waals surface area contributed by atoms with E-state index in [2.05, 4.69) is 14.8 Å². The Morgan fingerprint density at radius 1 is 1.03 bits per heavy atom. The van der Waals surface area contributed by atoms with E-state index in [9.17, 15) is 9.90 Å². The number of hydrogen-bond acceptors (Lipinski definition) is 6. The smallest absolute Gasteiger partial charge is 0.354 e. The highest BCUT2D eigenvalue weighted by Gasteiger charge is 2.31. The van der Waals surface area contributed by atoms with Gasteiger partial charge < -0.3 is 14.4 Å². The minimum Gasteiger partial charge on any atom is -0.477 e. The van der Waals surface area contributed by atoms with Gasteiger partial charge in [-0.25, -0.2) is 14.5 Å². The number of anilines is 1. The summed E-state index contributed by atoms with van der Waals surface area (Å²) < 4.78 is 7.39. The van der Waals surface area contributed by atoms with Crippen LogP contribution in [0.3, 0.4) is 0 Å². The highest BCUT2D eigenvalue weighted by Crippen LogP contribution is 2.42. The molecule has 0 amide bonds. The molecule has 1 saturated heterocycles. The summed E-state index contributed by atoms with van der Waals surface area (Å²) in [5.41, 5.74) is 3.57. The van der Waals surface area contributed by atoms with Crippen LogP contribution in [0.2, 0.25) is 0 Å². The van der Waals surface area contributed by atoms with Crippen molar-refractivity contribution in [1.82, 2.24) is 19.7 Å². The van der Waals surface area contributed by atoms with Crippen molar-refractivity contribution in [2.75, 3.05) is 31.1 Å². The minimum absolute atomic E-state index is 0.0569. The molecule has 1 saturated carbocycles. The van der Waals surface area contributed by atoms with E-state index in [-0.39, 0.29) is 5.69 Å². The third-order valence-electron chi connectivity index (χ3n) is 7.24. The van der Waals surface area contributed by atoms with Crippen molar-refractivity contribution in [3.8, 4) is 5.69 Å². The fourth-order valence-electron chi connectivity index (χ4n) is 5.19. The zero-order chi connectivity index (χ0) is 23.8. The van der Waals surface area contributed by atoms with Gasteiger partial charge in [-0.15, -0.1) is 0 Å². The molecule has 180 valence electrons. The molecule has 1 aliphatic carbocycles. The zero-order valence-electron chi connectivity index (χ0n) is 19.6. The summed E-state index contributed by atoms with van der Waals surface area (Å²) in [7, 11) is 0. The third kappa shape index (κ3) is 4.18. The quantitative estimate of drug-likeness (QED) is 0.436. The Balaban J connectivity index is 1.43. The average molecular weight is 472 g/mol. The van der Waals surface area contributed by atoms with Crippen molar-refractivity contribution in [3.05, 3.63) is 71.9 Å². The molecule has 35 heavy (non-hydrogen) atoms. The van der Waals surface area contributed by atoms with Crippen molar-refractivity contribution in [2.24, 2.45) is 0 Å². The Bertz CT molecular complexity index is 1330. The van der Waals surface area contributed by atoms with Crippen molar-refractivity contribution < 1.29 is 14.3 Å². The van der Waals surface area contributed by atoms with E-state index in [1.807, 2.05) is 47.1 Å². The number of aromatic carboxylic acids is 1. The predicted octanol–water partition coefficient (Wildman–Crippen LogP) is 4.69. The maximum Gasteiger partial charge on any atom is 0.354 e. The second-order valence-electron chi connectivity index (χ2n) is 9.49. The minimum atomic E-state index is -1.02. The summed E-state index contributed by atoms with van der Waals surface area (Å²) in [6.07, 6.45) is 6.12. The van der Waals surface area contributed by atoms with Crippen LogP contribution in [-0.2, 0) is 6.54 Å². The van der Waals surface area contributed by atoms with Gasteiger partial charge in [-0.2, -0.15) is 5.10 Å². The van der Waals surface area contributed by atoms with Gasteiger partial charge in [0.15, 0.2) is 11.3 Å². The first-order chi connectivity index (χ1) is 17.2. The maximum absolute atomic E-state index is 12.1. The molecule has 0 atom stereocenters. The number of nitrogens with zero attached hydrogens (tertiary/aromatic N) is 5. The van der Waals surface area contributed by atoms with Gasteiger partial charge in [-0.1, -0.05) is 24.6 Å². The molecule has 1 aliphatic heterocycles. The first-order valence-electron chi connectivity index (χ1n) is 12.4. The number of benzene rings is 1. The molecule has 0 bridgehead atoms. The predicted molar refractivity (Wildman–Crippen MR) is 133 cm³/mol. The average Bonchev–Trinajstić information content (AvgIpc) is 3.41. The van der Waals surface area contributed by atoms with Crippen LogP contribution in [0.4, 0.5) is 5.69 Å². The van der Waals surface area contributed by atoms with Gasteiger partial charge in [0.25, 0.3) is 0 Å². The van der Waals surface area contributed by atoms with Crippen LogP contribution in [-0.4, -0.2) is 56.9 Å². The van der Waals surface area contributed by atoms with E-state index >= 15 is 0 Å². The van der Waals surface area contributed by atoms with Gasteiger partial charge in [-0.05, 0) is 49.6 Å². The Morgan fingerprint density at radius 3 is 2.60 bits per heavy atom. The lowest BCUT2D eigenvalue weighted by atomic mass is 9.82. The second kappa shape index (κ2) is 9.19. The number of para-hydroxylation sites is 1. The van der Waals surface area contributed by atoms with E-state index in [1.54, 1.807) is 12.3 Å². The monoisotopic (exact) mass is 471 g/mol. The lowest BCUT2D eigenvalue weighted by Gasteiger charge is -2.27. The molecule has 4 aromatic rings. The van der Waals surface area contributed by atoms with Gasteiger partial charge in [0.1, 0.15) is 5.76 Å². The normalized spacial score (nSPS) is 17.4. The summed E-state index contributed by atoms with van der Waals surface area (Å²) >= 11 is 0. The van der Waals surface area contributed by atoms with Crippen LogP contribution in [0.1, 0.15) is 53.5 Å². The van der Waals surface area contributed by atoms with Crippen molar-refractivity contribution >= 4 is 22.7 Å². The topological polar surface area (TPSA) is 87.6 Å². The van der Waals surface area contributed by atoms with E-state index < -0.39 is 5.97 Å². The molecule has 8 heteroatoms. The van der Waals surface area contributed by atoms with Crippen LogP contribution in [0.5, 0.6) is 0 Å². The fraction of sp³-hybridized carbons (Fsp3) is 0.370. The number of pyridine rings is 1. The molecule has 0 spiro atoms. The van der Waals surface area contributed by atoms with Gasteiger partial charge in [0, 0.05) is 32.1 Å². The molecule has 3 aromatic heterocycles. The molecular formula is C27H29N5O3. The lowest BCUT2D eigenvalue weighted by molar-refractivity contribution is 0.0691. The number of rotatable bonds is 6. The lowest BCUT2D eigenvalue weighted by Crippen LogP contribution is -2.31. The van der Waals surface area contributed by atoms with Crippen LogP contribution in [0.15, 0.2) is 59.2 Å². The molecule has 0 unspecified atom stereocenters. The van der Waals surface area contributed by atoms with Crippen molar-refractivity contribution in [3.63, 3.8) is 0 Å². The molecule has 4 heterocycles. The van der Waals surface area contributed by atoms with Gasteiger partial charge >= 0.3 is 5.97 Å². The van der Waals surface area contributed by atoms with Crippen LogP contribution >= 0.6 is 0 Å².